The Labute approximate surface area is 96.9 Å². The summed E-state index contributed by atoms with van der Waals surface area (Å²) in [7, 11) is 1.84. The van der Waals surface area contributed by atoms with Crippen LogP contribution in [0.5, 0.6) is 0 Å². The van der Waals surface area contributed by atoms with Crippen LogP contribution in [0, 0.1) is 11.8 Å². The predicted octanol–water partition coefficient (Wildman–Crippen LogP) is 1.99. The first-order valence-electron chi connectivity index (χ1n) is 6.12. The molecule has 2 amide bonds. The van der Waals surface area contributed by atoms with Gasteiger partial charge in [-0.3, -0.25) is 0 Å². The van der Waals surface area contributed by atoms with Crippen LogP contribution in [0.4, 0.5) is 4.79 Å². The minimum absolute atomic E-state index is 0.176. The van der Waals surface area contributed by atoms with Crippen LogP contribution in [0.3, 0.4) is 0 Å². The molecule has 0 bridgehead atoms. The molecule has 1 heterocycles. The van der Waals surface area contributed by atoms with Crippen molar-refractivity contribution in [2.75, 3.05) is 7.05 Å². The number of urea groups is 1. The quantitative estimate of drug-likeness (QED) is 0.739. The molecule has 90 valence electrons. The zero-order valence-electron chi connectivity index (χ0n) is 10.4. The Kier molecular flexibility index (Phi) is 2.68. The molecule has 1 spiro atoms. The SMILES string of the molecule is CC(C)C1CCCCC12C(N)=NC(=O)N2C. The lowest BCUT2D eigenvalue weighted by molar-refractivity contribution is 0.0855. The van der Waals surface area contributed by atoms with Gasteiger partial charge in [0.15, 0.2) is 0 Å². The second-order valence-electron chi connectivity index (χ2n) is 5.36. The van der Waals surface area contributed by atoms with Crippen molar-refractivity contribution in [2.45, 2.75) is 45.1 Å². The fourth-order valence-corrected chi connectivity index (χ4v) is 3.42. The van der Waals surface area contributed by atoms with Gasteiger partial charge in [0.1, 0.15) is 11.4 Å². The van der Waals surface area contributed by atoms with E-state index >= 15 is 0 Å². The molecule has 0 aromatic heterocycles. The fourth-order valence-electron chi connectivity index (χ4n) is 3.42. The van der Waals surface area contributed by atoms with Gasteiger partial charge in [0.25, 0.3) is 0 Å². The monoisotopic (exact) mass is 223 g/mol. The molecule has 2 atom stereocenters. The molecule has 0 radical (unpaired) electrons. The largest absolute Gasteiger partial charge is 0.385 e. The van der Waals surface area contributed by atoms with Gasteiger partial charge in [0, 0.05) is 7.05 Å². The van der Waals surface area contributed by atoms with Crippen molar-refractivity contribution in [3.63, 3.8) is 0 Å². The number of nitrogens with zero attached hydrogens (tertiary/aromatic N) is 2. The van der Waals surface area contributed by atoms with Gasteiger partial charge in [-0.25, -0.2) is 4.79 Å². The van der Waals surface area contributed by atoms with Gasteiger partial charge in [-0.15, -0.1) is 0 Å². The predicted molar refractivity (Wildman–Crippen MR) is 64.3 cm³/mol. The maximum Gasteiger partial charge on any atom is 0.345 e. The molecular formula is C12H21N3O. The summed E-state index contributed by atoms with van der Waals surface area (Å²) in [4.78, 5) is 17.4. The second kappa shape index (κ2) is 3.75. The normalized spacial score (nSPS) is 35.0. The van der Waals surface area contributed by atoms with Crippen molar-refractivity contribution in [3.05, 3.63) is 0 Å². The Balaban J connectivity index is 2.40. The van der Waals surface area contributed by atoms with Crippen LogP contribution < -0.4 is 5.73 Å². The topological polar surface area (TPSA) is 58.7 Å². The molecular weight excluding hydrogens is 202 g/mol. The summed E-state index contributed by atoms with van der Waals surface area (Å²) >= 11 is 0. The van der Waals surface area contributed by atoms with Gasteiger partial charge in [0.2, 0.25) is 0 Å². The van der Waals surface area contributed by atoms with Crippen molar-refractivity contribution >= 4 is 11.9 Å². The van der Waals surface area contributed by atoms with Gasteiger partial charge < -0.3 is 10.6 Å². The third-order valence-electron chi connectivity index (χ3n) is 4.29. The van der Waals surface area contributed by atoms with E-state index in [4.69, 9.17) is 5.73 Å². The number of hydrogen-bond donors (Lipinski definition) is 1. The first kappa shape index (κ1) is 11.4. The number of carbonyl (C=O) groups is 1. The van der Waals surface area contributed by atoms with E-state index < -0.39 is 0 Å². The van der Waals surface area contributed by atoms with E-state index in [9.17, 15) is 4.79 Å². The number of amidine groups is 1. The molecule has 1 aliphatic heterocycles. The van der Waals surface area contributed by atoms with Gasteiger partial charge >= 0.3 is 6.03 Å². The smallest absolute Gasteiger partial charge is 0.345 e. The molecule has 1 aliphatic carbocycles. The number of amides is 2. The molecule has 1 saturated carbocycles. The molecule has 2 rings (SSSR count). The highest BCUT2D eigenvalue weighted by Gasteiger charge is 2.53. The summed E-state index contributed by atoms with van der Waals surface area (Å²) in [5.74, 6) is 1.52. The third kappa shape index (κ3) is 1.35. The van der Waals surface area contributed by atoms with E-state index in [-0.39, 0.29) is 11.6 Å². The highest BCUT2D eigenvalue weighted by atomic mass is 16.2. The molecule has 4 heteroatoms. The maximum absolute atomic E-state index is 11.7. The van der Waals surface area contributed by atoms with Crippen LogP contribution in [0.25, 0.3) is 0 Å². The van der Waals surface area contributed by atoms with E-state index in [2.05, 4.69) is 18.8 Å². The highest BCUT2D eigenvalue weighted by Crippen LogP contribution is 2.44. The van der Waals surface area contributed by atoms with Crippen LogP contribution in [0.1, 0.15) is 39.5 Å². The van der Waals surface area contributed by atoms with Crippen LogP contribution >= 0.6 is 0 Å². The van der Waals surface area contributed by atoms with Crippen LogP contribution in [-0.2, 0) is 0 Å². The minimum atomic E-state index is -0.288. The average Bonchev–Trinajstić information content (AvgIpc) is 2.45. The van der Waals surface area contributed by atoms with Crippen molar-refractivity contribution in [1.29, 1.82) is 0 Å². The molecule has 4 nitrogen and oxygen atoms in total. The van der Waals surface area contributed by atoms with E-state index in [1.165, 1.54) is 6.42 Å². The summed E-state index contributed by atoms with van der Waals surface area (Å²) in [6.45, 7) is 4.42. The molecule has 0 aromatic rings. The molecule has 0 aromatic carbocycles. The summed E-state index contributed by atoms with van der Waals surface area (Å²) in [5.41, 5.74) is 5.75. The maximum atomic E-state index is 11.7. The lowest BCUT2D eigenvalue weighted by atomic mass is 9.67. The Morgan fingerprint density at radius 2 is 2.19 bits per heavy atom. The van der Waals surface area contributed by atoms with Gasteiger partial charge in [-0.2, -0.15) is 4.99 Å². The van der Waals surface area contributed by atoms with Gasteiger partial charge in [-0.05, 0) is 24.7 Å². The molecule has 1 fully saturated rings. The Morgan fingerprint density at radius 1 is 1.50 bits per heavy atom. The number of likely N-dealkylation sites (N-methyl/N-ethyl adjacent to an activating group) is 1. The van der Waals surface area contributed by atoms with Crippen molar-refractivity contribution in [1.82, 2.24) is 4.90 Å². The van der Waals surface area contributed by atoms with E-state index in [0.717, 1.165) is 19.3 Å². The standard InChI is InChI=1S/C12H21N3O/c1-8(2)9-6-4-5-7-12(9)10(13)14-11(16)15(12)3/h8-9H,4-7H2,1-3H3,(H2,13,14,16). The molecule has 16 heavy (non-hydrogen) atoms. The number of carbonyl (C=O) groups excluding carboxylic acids is 1. The minimum Gasteiger partial charge on any atom is -0.385 e. The lowest BCUT2D eigenvalue weighted by Crippen LogP contribution is -2.60. The van der Waals surface area contributed by atoms with Crippen molar-refractivity contribution < 1.29 is 4.79 Å². The summed E-state index contributed by atoms with van der Waals surface area (Å²) < 4.78 is 0. The van der Waals surface area contributed by atoms with E-state index in [1.807, 2.05) is 7.05 Å². The molecule has 0 saturated heterocycles. The number of hydrogen-bond acceptors (Lipinski definition) is 2. The van der Waals surface area contributed by atoms with Crippen molar-refractivity contribution in [3.8, 4) is 0 Å². The zero-order valence-corrected chi connectivity index (χ0v) is 10.4. The number of rotatable bonds is 1. The summed E-state index contributed by atoms with van der Waals surface area (Å²) in [6.07, 6.45) is 4.48. The average molecular weight is 223 g/mol. The Hall–Kier alpha value is -1.06. The lowest BCUT2D eigenvalue weighted by Gasteiger charge is -2.47. The van der Waals surface area contributed by atoms with E-state index in [0.29, 0.717) is 17.7 Å². The van der Waals surface area contributed by atoms with Crippen LogP contribution in [0.2, 0.25) is 0 Å². The van der Waals surface area contributed by atoms with Crippen LogP contribution in [-0.4, -0.2) is 29.4 Å². The molecule has 2 unspecified atom stereocenters. The summed E-state index contributed by atoms with van der Waals surface area (Å²) in [6, 6.07) is -0.176. The fraction of sp³-hybridized carbons (Fsp3) is 0.833. The van der Waals surface area contributed by atoms with Gasteiger partial charge in [0.05, 0.1) is 0 Å². The summed E-state index contributed by atoms with van der Waals surface area (Å²) in [5, 5.41) is 0. The van der Waals surface area contributed by atoms with Crippen LogP contribution in [0.15, 0.2) is 4.99 Å². The number of aliphatic imine (C=N–C) groups is 1. The van der Waals surface area contributed by atoms with E-state index in [1.54, 1.807) is 4.90 Å². The highest BCUT2D eigenvalue weighted by molar-refractivity contribution is 6.06. The Bertz CT molecular complexity index is 337. The van der Waals surface area contributed by atoms with Crippen molar-refractivity contribution in [2.24, 2.45) is 22.6 Å². The second-order valence-corrected chi connectivity index (χ2v) is 5.36. The number of nitrogens with two attached hydrogens (primary N) is 1. The first-order valence-corrected chi connectivity index (χ1v) is 6.12. The third-order valence-corrected chi connectivity index (χ3v) is 4.29. The Morgan fingerprint density at radius 3 is 2.69 bits per heavy atom. The molecule has 2 N–H and O–H groups in total. The molecule has 2 aliphatic rings. The van der Waals surface area contributed by atoms with Gasteiger partial charge in [-0.1, -0.05) is 26.7 Å². The first-order chi connectivity index (χ1) is 7.50. The zero-order chi connectivity index (χ0) is 11.9.